The van der Waals surface area contributed by atoms with Gasteiger partial charge in [-0.15, -0.1) is 0 Å². The molecule has 2 atom stereocenters. The van der Waals surface area contributed by atoms with Crippen LogP contribution in [-0.2, 0) is 24.2 Å². The Morgan fingerprint density at radius 2 is 2.08 bits per heavy atom. The molecule has 1 aromatic carbocycles. The monoisotopic (exact) mass is 548 g/mol. The summed E-state index contributed by atoms with van der Waals surface area (Å²) in [6.45, 7) is 7.67. The van der Waals surface area contributed by atoms with Crippen molar-refractivity contribution in [2.24, 2.45) is 17.8 Å². The summed E-state index contributed by atoms with van der Waals surface area (Å²) in [5.74, 6) is 3.20. The fraction of sp³-hybridized carbons (Fsp3) is 0.567. The third-order valence-corrected chi connectivity index (χ3v) is 8.69. The fourth-order valence-corrected chi connectivity index (χ4v) is 6.12. The van der Waals surface area contributed by atoms with Crippen LogP contribution in [0.3, 0.4) is 0 Å². The molecule has 0 bridgehead atoms. The normalized spacial score (nSPS) is 21.0. The molecular formula is C30H37FN6O3. The van der Waals surface area contributed by atoms with Crippen LogP contribution in [0, 0.1) is 23.6 Å². The smallest absolute Gasteiger partial charge is 0.324 e. The first-order valence-electron chi connectivity index (χ1n) is 14.5. The molecule has 1 aliphatic carbocycles. The van der Waals surface area contributed by atoms with Crippen molar-refractivity contribution in [2.75, 3.05) is 31.1 Å². The van der Waals surface area contributed by atoms with Crippen LogP contribution < -0.4 is 9.64 Å². The number of ether oxygens (including phenoxy) is 1. The maximum absolute atomic E-state index is 14.8. The van der Waals surface area contributed by atoms with Gasteiger partial charge < -0.3 is 19.1 Å². The number of carbonyl (C=O) groups is 1. The van der Waals surface area contributed by atoms with Crippen molar-refractivity contribution in [1.29, 1.82) is 0 Å². The van der Waals surface area contributed by atoms with Crippen LogP contribution in [0.5, 0.6) is 5.75 Å². The molecule has 212 valence electrons. The lowest BCUT2D eigenvalue weighted by Gasteiger charge is -2.30. The van der Waals surface area contributed by atoms with Crippen molar-refractivity contribution in [3.05, 3.63) is 59.2 Å². The van der Waals surface area contributed by atoms with Crippen LogP contribution >= 0.6 is 0 Å². The molecule has 6 rings (SSSR count). The fourth-order valence-electron chi connectivity index (χ4n) is 6.12. The van der Waals surface area contributed by atoms with Crippen LogP contribution in [0.4, 0.5) is 10.4 Å². The van der Waals surface area contributed by atoms with E-state index < -0.39 is 5.82 Å². The molecule has 1 amide bonds. The first-order chi connectivity index (χ1) is 19.4. The van der Waals surface area contributed by atoms with Crippen LogP contribution in [0.1, 0.15) is 68.1 Å². The summed E-state index contributed by atoms with van der Waals surface area (Å²) >= 11 is 0. The predicted molar refractivity (Wildman–Crippen MR) is 146 cm³/mol. The molecule has 1 saturated carbocycles. The van der Waals surface area contributed by atoms with Gasteiger partial charge in [0.2, 0.25) is 5.91 Å². The number of hydrogen-bond acceptors (Lipinski definition) is 8. The largest absolute Gasteiger partial charge is 0.493 e. The van der Waals surface area contributed by atoms with E-state index in [9.17, 15) is 9.18 Å². The van der Waals surface area contributed by atoms with Gasteiger partial charge in [0.15, 0.2) is 5.82 Å². The van der Waals surface area contributed by atoms with Crippen molar-refractivity contribution in [2.45, 2.75) is 64.8 Å². The zero-order valence-electron chi connectivity index (χ0n) is 23.3. The lowest BCUT2D eigenvalue weighted by atomic mass is 9.90. The van der Waals surface area contributed by atoms with E-state index in [1.807, 2.05) is 0 Å². The van der Waals surface area contributed by atoms with E-state index in [2.05, 4.69) is 38.9 Å². The summed E-state index contributed by atoms with van der Waals surface area (Å²) in [6.07, 6.45) is 8.56. The van der Waals surface area contributed by atoms with Gasteiger partial charge >= 0.3 is 6.01 Å². The lowest BCUT2D eigenvalue weighted by Crippen LogP contribution is -2.37. The van der Waals surface area contributed by atoms with E-state index in [0.29, 0.717) is 42.9 Å². The van der Waals surface area contributed by atoms with E-state index in [1.54, 1.807) is 23.2 Å². The molecule has 0 unspecified atom stereocenters. The number of hydrogen-bond donors (Lipinski definition) is 0. The summed E-state index contributed by atoms with van der Waals surface area (Å²) in [6, 6.07) is 5.50. The Bertz CT molecular complexity index is 1340. The molecular weight excluding hydrogens is 511 g/mol. The first-order valence-corrected chi connectivity index (χ1v) is 14.5. The van der Waals surface area contributed by atoms with E-state index in [4.69, 9.17) is 9.26 Å². The number of benzene rings is 1. The van der Waals surface area contributed by atoms with Gasteiger partial charge in [-0.05, 0) is 67.1 Å². The standard InChI is InChI=1S/C30H37FN6O3/c1-19(2)29-34-30(40-35-29)36-9-5-20(6-10-36)25-13-21(25)8-12-39-24-4-3-22(26(31)15-24)14-28(38)37-11-7-23-16-32-18-33-27(23)17-37/h3-4,15-16,18-21,25H,5-14,17H2,1-2H3/t21-,25-/m1/s1. The third kappa shape index (κ3) is 5.95. The highest BCUT2D eigenvalue weighted by molar-refractivity contribution is 5.79. The summed E-state index contributed by atoms with van der Waals surface area (Å²) in [4.78, 5) is 29.6. The van der Waals surface area contributed by atoms with Gasteiger partial charge in [0.05, 0.1) is 25.3 Å². The Kier molecular flexibility index (Phi) is 7.67. The van der Waals surface area contributed by atoms with E-state index in [1.165, 1.54) is 18.8 Å². The van der Waals surface area contributed by atoms with E-state index in [-0.39, 0.29) is 18.2 Å². The molecule has 3 aliphatic rings. The number of halogens is 1. The zero-order chi connectivity index (χ0) is 27.6. The predicted octanol–water partition coefficient (Wildman–Crippen LogP) is 4.57. The Hall–Kier alpha value is -3.56. The number of carbonyl (C=O) groups excluding carboxylic acids is 1. The maximum Gasteiger partial charge on any atom is 0.324 e. The molecule has 0 spiro atoms. The quantitative estimate of drug-likeness (QED) is 0.384. The number of rotatable bonds is 9. The van der Waals surface area contributed by atoms with Crippen molar-refractivity contribution in [1.82, 2.24) is 25.0 Å². The summed E-state index contributed by atoms with van der Waals surface area (Å²) in [5, 5.41) is 4.09. The van der Waals surface area contributed by atoms with Gasteiger partial charge in [0.25, 0.3) is 0 Å². The highest BCUT2D eigenvalue weighted by Crippen LogP contribution is 2.50. The van der Waals surface area contributed by atoms with Crippen molar-refractivity contribution in [3.8, 4) is 5.75 Å². The zero-order valence-corrected chi connectivity index (χ0v) is 23.3. The van der Waals surface area contributed by atoms with Gasteiger partial charge in [0.1, 0.15) is 17.9 Å². The molecule has 1 saturated heterocycles. The molecule has 2 aliphatic heterocycles. The number of amides is 1. The second-order valence-electron chi connectivity index (χ2n) is 11.7. The Morgan fingerprint density at radius 1 is 1.23 bits per heavy atom. The second-order valence-corrected chi connectivity index (χ2v) is 11.7. The molecule has 2 fully saturated rings. The molecule has 2 aromatic heterocycles. The van der Waals surface area contributed by atoms with Crippen LogP contribution in [0.25, 0.3) is 0 Å². The average molecular weight is 549 g/mol. The van der Waals surface area contributed by atoms with Crippen molar-refractivity contribution in [3.63, 3.8) is 0 Å². The van der Waals surface area contributed by atoms with E-state index >= 15 is 0 Å². The van der Waals surface area contributed by atoms with Gasteiger partial charge in [0, 0.05) is 37.8 Å². The number of fused-ring (bicyclic) bond motifs is 1. The molecule has 3 aromatic rings. The third-order valence-electron chi connectivity index (χ3n) is 8.69. The Labute approximate surface area is 234 Å². The minimum atomic E-state index is -0.400. The van der Waals surface area contributed by atoms with Crippen LogP contribution in [0.2, 0.25) is 0 Å². The van der Waals surface area contributed by atoms with E-state index in [0.717, 1.165) is 67.7 Å². The average Bonchev–Trinajstić information content (AvgIpc) is 3.56. The number of piperidine rings is 1. The van der Waals surface area contributed by atoms with Crippen LogP contribution in [-0.4, -0.2) is 57.2 Å². The number of aromatic nitrogens is 4. The van der Waals surface area contributed by atoms with Crippen molar-refractivity contribution < 1.29 is 18.4 Å². The SMILES string of the molecule is CC(C)c1noc(N2CCC([C@H]3C[C@H]3CCOc3ccc(CC(=O)N4CCc5cncnc5C4)c(F)c3)CC2)n1. The Balaban J connectivity index is 0.919. The topological polar surface area (TPSA) is 97.5 Å². The minimum absolute atomic E-state index is 0.0283. The van der Waals surface area contributed by atoms with Crippen LogP contribution in [0.15, 0.2) is 35.2 Å². The second kappa shape index (κ2) is 11.5. The summed E-state index contributed by atoms with van der Waals surface area (Å²) in [7, 11) is 0. The number of nitrogens with zero attached hydrogens (tertiary/aromatic N) is 6. The summed E-state index contributed by atoms with van der Waals surface area (Å²) in [5.41, 5.74) is 2.33. The highest BCUT2D eigenvalue weighted by Gasteiger charge is 2.43. The van der Waals surface area contributed by atoms with Gasteiger partial charge in [-0.1, -0.05) is 25.1 Å². The molecule has 0 N–H and O–H groups in total. The maximum atomic E-state index is 14.8. The molecule has 40 heavy (non-hydrogen) atoms. The van der Waals surface area contributed by atoms with Gasteiger partial charge in [-0.3, -0.25) is 4.79 Å². The summed E-state index contributed by atoms with van der Waals surface area (Å²) < 4.78 is 26.2. The molecule has 10 heteroatoms. The Morgan fingerprint density at radius 3 is 2.85 bits per heavy atom. The van der Waals surface area contributed by atoms with Crippen molar-refractivity contribution >= 4 is 11.9 Å². The van der Waals surface area contributed by atoms with Gasteiger partial charge in [-0.2, -0.15) is 4.98 Å². The highest BCUT2D eigenvalue weighted by atomic mass is 19.1. The minimum Gasteiger partial charge on any atom is -0.493 e. The lowest BCUT2D eigenvalue weighted by molar-refractivity contribution is -0.131. The van der Waals surface area contributed by atoms with Gasteiger partial charge in [-0.25, -0.2) is 14.4 Å². The molecule has 4 heterocycles. The molecule has 0 radical (unpaired) electrons. The number of anilines is 1. The molecule has 9 nitrogen and oxygen atoms in total. The first kappa shape index (κ1) is 26.7.